The van der Waals surface area contributed by atoms with Crippen molar-refractivity contribution in [2.75, 3.05) is 18.5 Å². The molecule has 1 N–H and O–H groups in total. The molecule has 0 bridgehead atoms. The maximum Gasteiger partial charge on any atom is 0.341 e. The van der Waals surface area contributed by atoms with Crippen LogP contribution in [0.2, 0.25) is 0 Å². The molecule has 0 unspecified atom stereocenters. The Balaban J connectivity index is 1.60. The number of carbonyl (C=O) groups is 2. The Labute approximate surface area is 185 Å². The van der Waals surface area contributed by atoms with E-state index in [2.05, 4.69) is 11.4 Å². The molecule has 3 rings (SSSR count). The van der Waals surface area contributed by atoms with Gasteiger partial charge >= 0.3 is 5.97 Å². The molecule has 31 heavy (non-hydrogen) atoms. The van der Waals surface area contributed by atoms with Crippen LogP contribution in [0.4, 0.5) is 5.00 Å². The SMILES string of the molecule is CCOC(=O)c1cc(CC)sc1NC(=O)COc1ccc(-c2ccc(C#N)cc2)cc1. The normalized spacial score (nSPS) is 10.2. The standard InChI is InChI=1S/C24H22N2O4S/c1-3-20-13-21(24(28)29-4-2)23(31-20)26-22(27)15-30-19-11-9-18(10-12-19)17-7-5-16(14-25)6-8-17/h5-13H,3-4,15H2,1-2H3,(H,26,27). The van der Waals surface area contributed by atoms with Gasteiger partial charge in [0, 0.05) is 4.88 Å². The molecule has 3 aromatic rings. The number of anilines is 1. The van der Waals surface area contributed by atoms with Crippen LogP contribution in [0.3, 0.4) is 0 Å². The lowest BCUT2D eigenvalue weighted by Crippen LogP contribution is -2.21. The molecule has 0 saturated heterocycles. The maximum absolute atomic E-state index is 12.4. The Morgan fingerprint density at radius 2 is 1.68 bits per heavy atom. The topological polar surface area (TPSA) is 88.4 Å². The van der Waals surface area contributed by atoms with E-state index in [1.807, 2.05) is 31.2 Å². The summed E-state index contributed by atoms with van der Waals surface area (Å²) in [6.07, 6.45) is 0.759. The van der Waals surface area contributed by atoms with Crippen LogP contribution in [0.25, 0.3) is 11.1 Å². The van der Waals surface area contributed by atoms with Crippen molar-refractivity contribution >= 4 is 28.2 Å². The number of nitriles is 1. The van der Waals surface area contributed by atoms with Crippen LogP contribution in [-0.4, -0.2) is 25.1 Å². The molecule has 7 heteroatoms. The maximum atomic E-state index is 12.4. The third-order valence-corrected chi connectivity index (χ3v) is 5.65. The second-order valence-corrected chi connectivity index (χ2v) is 7.72. The molecule has 2 aromatic carbocycles. The highest BCUT2D eigenvalue weighted by Crippen LogP contribution is 2.29. The number of hydrogen-bond acceptors (Lipinski definition) is 6. The average Bonchev–Trinajstić information content (AvgIpc) is 3.21. The van der Waals surface area contributed by atoms with E-state index >= 15 is 0 Å². The van der Waals surface area contributed by atoms with Gasteiger partial charge in [0.1, 0.15) is 10.8 Å². The number of hydrogen-bond donors (Lipinski definition) is 1. The lowest BCUT2D eigenvalue weighted by atomic mass is 10.0. The number of nitrogens with zero attached hydrogens (tertiary/aromatic N) is 1. The highest BCUT2D eigenvalue weighted by Gasteiger charge is 2.18. The zero-order chi connectivity index (χ0) is 22.2. The van der Waals surface area contributed by atoms with Crippen LogP contribution in [0.5, 0.6) is 5.75 Å². The number of benzene rings is 2. The third-order valence-electron chi connectivity index (χ3n) is 4.45. The van der Waals surface area contributed by atoms with Gasteiger partial charge < -0.3 is 14.8 Å². The summed E-state index contributed by atoms with van der Waals surface area (Å²) >= 11 is 1.36. The van der Waals surface area contributed by atoms with Crippen LogP contribution >= 0.6 is 11.3 Å². The molecule has 0 aliphatic heterocycles. The fourth-order valence-corrected chi connectivity index (χ4v) is 3.86. The molecule has 0 saturated carbocycles. The zero-order valence-corrected chi connectivity index (χ0v) is 18.1. The number of carbonyl (C=O) groups excluding carboxylic acids is 2. The number of amides is 1. The van der Waals surface area contributed by atoms with Gasteiger partial charge in [0.05, 0.1) is 23.8 Å². The van der Waals surface area contributed by atoms with E-state index in [1.165, 1.54) is 11.3 Å². The van der Waals surface area contributed by atoms with Crippen LogP contribution in [0.1, 0.15) is 34.6 Å². The molecule has 0 atom stereocenters. The first-order valence-electron chi connectivity index (χ1n) is 9.87. The molecule has 1 amide bonds. The monoisotopic (exact) mass is 434 g/mol. The number of ether oxygens (including phenoxy) is 2. The first kappa shape index (κ1) is 22.1. The molecule has 6 nitrogen and oxygen atoms in total. The minimum absolute atomic E-state index is 0.183. The fraction of sp³-hybridized carbons (Fsp3) is 0.208. The van der Waals surface area contributed by atoms with E-state index in [-0.39, 0.29) is 19.1 Å². The summed E-state index contributed by atoms with van der Waals surface area (Å²) in [5, 5.41) is 12.1. The second kappa shape index (κ2) is 10.4. The highest BCUT2D eigenvalue weighted by atomic mass is 32.1. The van der Waals surface area contributed by atoms with Crippen molar-refractivity contribution in [3.05, 3.63) is 70.6 Å². The summed E-state index contributed by atoms with van der Waals surface area (Å²) in [6, 6.07) is 18.5. The highest BCUT2D eigenvalue weighted by molar-refractivity contribution is 7.16. The third kappa shape index (κ3) is 5.71. The molecule has 0 spiro atoms. The molecule has 158 valence electrons. The fourth-order valence-electron chi connectivity index (χ4n) is 2.86. The summed E-state index contributed by atoms with van der Waals surface area (Å²) < 4.78 is 10.6. The van der Waals surface area contributed by atoms with Gasteiger partial charge in [-0.15, -0.1) is 11.3 Å². The smallest absolute Gasteiger partial charge is 0.341 e. The summed E-state index contributed by atoms with van der Waals surface area (Å²) in [6.45, 7) is 3.81. The number of esters is 1. The summed E-state index contributed by atoms with van der Waals surface area (Å²) in [5.74, 6) is -0.252. The van der Waals surface area contributed by atoms with Gasteiger partial charge in [-0.25, -0.2) is 4.79 Å². The summed E-state index contributed by atoms with van der Waals surface area (Å²) in [4.78, 5) is 25.5. The number of aryl methyl sites for hydroxylation is 1. The van der Waals surface area contributed by atoms with Gasteiger partial charge in [-0.05, 0) is 54.8 Å². The van der Waals surface area contributed by atoms with E-state index in [9.17, 15) is 9.59 Å². The zero-order valence-electron chi connectivity index (χ0n) is 17.3. The van der Waals surface area contributed by atoms with Gasteiger partial charge in [-0.3, -0.25) is 4.79 Å². The Morgan fingerprint density at radius 1 is 1.03 bits per heavy atom. The minimum Gasteiger partial charge on any atom is -0.484 e. The molecule has 0 aliphatic carbocycles. The predicted molar refractivity (Wildman–Crippen MR) is 120 cm³/mol. The van der Waals surface area contributed by atoms with Crippen molar-refractivity contribution in [2.45, 2.75) is 20.3 Å². The molecular weight excluding hydrogens is 412 g/mol. The lowest BCUT2D eigenvalue weighted by molar-refractivity contribution is -0.118. The Hall–Kier alpha value is -3.63. The van der Waals surface area contributed by atoms with Crippen molar-refractivity contribution in [1.82, 2.24) is 0 Å². The van der Waals surface area contributed by atoms with Gasteiger partial charge in [-0.2, -0.15) is 5.26 Å². The van der Waals surface area contributed by atoms with E-state index in [0.29, 0.717) is 21.9 Å². The Bertz CT molecular complexity index is 1100. The van der Waals surface area contributed by atoms with E-state index in [1.54, 1.807) is 37.3 Å². The predicted octanol–water partition coefficient (Wildman–Crippen LogP) is 5.04. The number of nitrogens with one attached hydrogen (secondary N) is 1. The Kier molecular flexibility index (Phi) is 7.41. The first-order chi connectivity index (χ1) is 15.0. The van der Waals surface area contributed by atoms with Gasteiger partial charge in [0.15, 0.2) is 6.61 Å². The number of thiophene rings is 1. The van der Waals surface area contributed by atoms with Gasteiger partial charge in [0.25, 0.3) is 5.91 Å². The first-order valence-corrected chi connectivity index (χ1v) is 10.7. The van der Waals surface area contributed by atoms with Crippen LogP contribution in [0.15, 0.2) is 54.6 Å². The molecule has 0 aliphatic rings. The summed E-state index contributed by atoms with van der Waals surface area (Å²) in [7, 11) is 0. The van der Waals surface area contributed by atoms with E-state index in [0.717, 1.165) is 22.4 Å². The molecule has 0 radical (unpaired) electrons. The van der Waals surface area contributed by atoms with Crippen molar-refractivity contribution in [3.63, 3.8) is 0 Å². The lowest BCUT2D eigenvalue weighted by Gasteiger charge is -2.09. The molecular formula is C24H22N2O4S. The average molecular weight is 435 g/mol. The Morgan fingerprint density at radius 3 is 2.26 bits per heavy atom. The quantitative estimate of drug-likeness (QED) is 0.502. The molecule has 0 fully saturated rings. The van der Waals surface area contributed by atoms with Crippen LogP contribution in [-0.2, 0) is 16.0 Å². The number of rotatable bonds is 8. The van der Waals surface area contributed by atoms with Crippen molar-refractivity contribution in [2.24, 2.45) is 0 Å². The molecule has 1 aromatic heterocycles. The van der Waals surface area contributed by atoms with Gasteiger partial charge in [-0.1, -0.05) is 31.2 Å². The second-order valence-electron chi connectivity index (χ2n) is 6.58. The minimum atomic E-state index is -0.451. The molecule has 1 heterocycles. The largest absolute Gasteiger partial charge is 0.484 e. The van der Waals surface area contributed by atoms with E-state index in [4.69, 9.17) is 14.7 Å². The van der Waals surface area contributed by atoms with Crippen LogP contribution in [0, 0.1) is 11.3 Å². The van der Waals surface area contributed by atoms with Crippen molar-refractivity contribution in [3.8, 4) is 22.9 Å². The van der Waals surface area contributed by atoms with Crippen molar-refractivity contribution in [1.29, 1.82) is 5.26 Å². The van der Waals surface area contributed by atoms with Crippen LogP contribution < -0.4 is 10.1 Å². The van der Waals surface area contributed by atoms with Crippen molar-refractivity contribution < 1.29 is 19.1 Å². The van der Waals surface area contributed by atoms with E-state index < -0.39 is 5.97 Å². The van der Waals surface area contributed by atoms with Gasteiger partial charge in [0.2, 0.25) is 0 Å². The summed E-state index contributed by atoms with van der Waals surface area (Å²) in [5.41, 5.74) is 2.94.